The number of rotatable bonds is 4. The predicted molar refractivity (Wildman–Crippen MR) is 116 cm³/mol. The maximum atomic E-state index is 12.1. The number of carbonyl (C=O) groups excluding carboxylic acids is 1. The molecule has 0 aliphatic carbocycles. The largest absolute Gasteiger partial charge is 0.464 e. The molecule has 3 heterocycles. The van der Waals surface area contributed by atoms with Gasteiger partial charge in [-0.05, 0) is 18.2 Å². The monoisotopic (exact) mass is 459 g/mol. The van der Waals surface area contributed by atoms with Crippen molar-refractivity contribution in [3.63, 3.8) is 0 Å². The van der Waals surface area contributed by atoms with E-state index in [9.17, 15) is 14.7 Å². The van der Waals surface area contributed by atoms with E-state index in [1.807, 2.05) is 0 Å². The second-order valence-electron chi connectivity index (χ2n) is 6.75. The van der Waals surface area contributed by atoms with E-state index < -0.39 is 6.09 Å². The van der Waals surface area contributed by atoms with Gasteiger partial charge < -0.3 is 19.7 Å². The predicted octanol–water partition coefficient (Wildman–Crippen LogP) is 4.97. The number of benzene rings is 1. The minimum atomic E-state index is -1.25. The fraction of sp³-hybridized carbons (Fsp3) is 0.100. The summed E-state index contributed by atoms with van der Waals surface area (Å²) in [4.78, 5) is 33.6. The van der Waals surface area contributed by atoms with Crippen LogP contribution in [0.15, 0.2) is 47.5 Å². The lowest BCUT2D eigenvalue weighted by molar-refractivity contribution is 0.0827. The fourth-order valence-corrected chi connectivity index (χ4v) is 3.66. The van der Waals surface area contributed by atoms with E-state index >= 15 is 0 Å². The number of hydrogen-bond donors (Lipinski definition) is 2. The molecule has 2 N–H and O–H groups in total. The molecule has 4 rings (SSSR count). The van der Waals surface area contributed by atoms with Crippen LogP contribution in [0.25, 0.3) is 22.4 Å². The highest BCUT2D eigenvalue weighted by Gasteiger charge is 2.24. The second-order valence-corrected chi connectivity index (χ2v) is 7.54. The van der Waals surface area contributed by atoms with Crippen LogP contribution in [0.3, 0.4) is 0 Å². The van der Waals surface area contributed by atoms with Gasteiger partial charge >= 0.3 is 6.09 Å². The molecule has 0 saturated heterocycles. The van der Waals surface area contributed by atoms with Gasteiger partial charge in [0.25, 0.3) is 5.91 Å². The number of hydrogen-bond acceptors (Lipinski definition) is 6. The van der Waals surface area contributed by atoms with Crippen LogP contribution >= 0.6 is 23.2 Å². The van der Waals surface area contributed by atoms with Crippen LogP contribution in [-0.4, -0.2) is 50.6 Å². The summed E-state index contributed by atoms with van der Waals surface area (Å²) in [6.45, 7) is 0. The Morgan fingerprint density at radius 3 is 2.58 bits per heavy atom. The number of pyridine rings is 1. The smallest absolute Gasteiger partial charge is 0.416 e. The molecule has 0 fully saturated rings. The molecule has 1 aromatic carbocycles. The van der Waals surface area contributed by atoms with Crippen molar-refractivity contribution in [3.8, 4) is 11.5 Å². The maximum Gasteiger partial charge on any atom is 0.416 e. The zero-order chi connectivity index (χ0) is 22.3. The van der Waals surface area contributed by atoms with E-state index in [0.717, 1.165) is 4.57 Å². The van der Waals surface area contributed by atoms with Gasteiger partial charge in [-0.3, -0.25) is 4.79 Å². The summed E-state index contributed by atoms with van der Waals surface area (Å²) in [5, 5.41) is 13.7. The van der Waals surface area contributed by atoms with Crippen LogP contribution in [0.5, 0.6) is 0 Å². The summed E-state index contributed by atoms with van der Waals surface area (Å²) >= 11 is 12.7. The van der Waals surface area contributed by atoms with Gasteiger partial charge in [0, 0.05) is 37.3 Å². The SMILES string of the molecule is CN(C)C(=O)c1ccc(Nc2cc3c(cn2)c(Cl)c(-c2cnco2)n3C(=O)O)c(Cl)c1. The molecule has 9 nitrogen and oxygen atoms in total. The molecular formula is C20H15Cl2N5O4. The van der Waals surface area contributed by atoms with Crippen molar-refractivity contribution in [1.29, 1.82) is 0 Å². The third kappa shape index (κ3) is 3.69. The molecule has 31 heavy (non-hydrogen) atoms. The van der Waals surface area contributed by atoms with Crippen LogP contribution in [0, 0.1) is 0 Å². The lowest BCUT2D eigenvalue weighted by Gasteiger charge is -2.13. The quantitative estimate of drug-likeness (QED) is 0.442. The van der Waals surface area contributed by atoms with Crippen LogP contribution in [0.1, 0.15) is 10.4 Å². The minimum Gasteiger partial charge on any atom is -0.464 e. The van der Waals surface area contributed by atoms with Crippen molar-refractivity contribution >= 4 is 57.6 Å². The van der Waals surface area contributed by atoms with Crippen molar-refractivity contribution in [3.05, 3.63) is 58.7 Å². The number of aromatic nitrogens is 3. The zero-order valence-corrected chi connectivity index (χ0v) is 17.8. The Kier molecular flexibility index (Phi) is 5.30. The third-order valence-electron chi connectivity index (χ3n) is 4.53. The van der Waals surface area contributed by atoms with Gasteiger partial charge in [0.15, 0.2) is 12.2 Å². The summed E-state index contributed by atoms with van der Waals surface area (Å²) in [6, 6.07) is 6.36. The normalized spacial score (nSPS) is 11.0. The third-order valence-corrected chi connectivity index (χ3v) is 5.23. The Hall–Kier alpha value is -3.56. The van der Waals surface area contributed by atoms with Gasteiger partial charge in [-0.25, -0.2) is 19.3 Å². The van der Waals surface area contributed by atoms with Gasteiger partial charge in [-0.15, -0.1) is 0 Å². The van der Waals surface area contributed by atoms with Crippen molar-refractivity contribution < 1.29 is 19.1 Å². The van der Waals surface area contributed by atoms with Gasteiger partial charge in [0.1, 0.15) is 11.5 Å². The van der Waals surface area contributed by atoms with E-state index in [1.165, 1.54) is 29.8 Å². The highest BCUT2D eigenvalue weighted by atomic mass is 35.5. The first kappa shape index (κ1) is 20.7. The van der Waals surface area contributed by atoms with E-state index in [0.29, 0.717) is 33.0 Å². The highest BCUT2D eigenvalue weighted by molar-refractivity contribution is 6.39. The molecular weight excluding hydrogens is 445 g/mol. The summed E-state index contributed by atoms with van der Waals surface area (Å²) < 4.78 is 6.25. The number of fused-ring (bicyclic) bond motifs is 1. The highest BCUT2D eigenvalue weighted by Crippen LogP contribution is 2.38. The zero-order valence-electron chi connectivity index (χ0n) is 16.3. The molecule has 0 saturated carbocycles. The Balaban J connectivity index is 1.76. The lowest BCUT2D eigenvalue weighted by atomic mass is 10.2. The molecule has 0 bridgehead atoms. The number of amides is 1. The van der Waals surface area contributed by atoms with Crippen molar-refractivity contribution in [2.24, 2.45) is 0 Å². The van der Waals surface area contributed by atoms with Crippen molar-refractivity contribution in [2.75, 3.05) is 19.4 Å². The van der Waals surface area contributed by atoms with E-state index in [4.69, 9.17) is 27.6 Å². The molecule has 0 unspecified atom stereocenters. The Labute approximate surface area is 185 Å². The average molecular weight is 460 g/mol. The summed E-state index contributed by atoms with van der Waals surface area (Å²) in [5.74, 6) is 0.367. The minimum absolute atomic E-state index is 0.158. The number of nitrogens with zero attached hydrogens (tertiary/aromatic N) is 4. The number of nitrogens with one attached hydrogen (secondary N) is 1. The first-order chi connectivity index (χ1) is 14.8. The Bertz CT molecular complexity index is 1320. The van der Waals surface area contributed by atoms with Gasteiger partial charge in [0.05, 0.1) is 27.4 Å². The van der Waals surface area contributed by atoms with Crippen LogP contribution in [0.4, 0.5) is 16.3 Å². The Morgan fingerprint density at radius 2 is 1.97 bits per heavy atom. The second kappa shape index (κ2) is 7.93. The molecule has 1 amide bonds. The lowest BCUT2D eigenvalue weighted by Crippen LogP contribution is -2.21. The number of anilines is 2. The summed E-state index contributed by atoms with van der Waals surface area (Å²) in [7, 11) is 3.30. The first-order valence-corrected chi connectivity index (χ1v) is 9.64. The Morgan fingerprint density at radius 1 is 1.19 bits per heavy atom. The van der Waals surface area contributed by atoms with Crippen molar-refractivity contribution in [1.82, 2.24) is 19.4 Å². The molecule has 3 aromatic heterocycles. The number of oxazole rings is 1. The maximum absolute atomic E-state index is 12.1. The first-order valence-electron chi connectivity index (χ1n) is 8.88. The molecule has 0 aliphatic heterocycles. The van der Waals surface area contributed by atoms with Crippen LogP contribution < -0.4 is 5.32 Å². The summed E-state index contributed by atoms with van der Waals surface area (Å²) in [5.41, 5.74) is 1.40. The van der Waals surface area contributed by atoms with Crippen LogP contribution in [0.2, 0.25) is 10.0 Å². The number of halogens is 2. The topological polar surface area (TPSA) is 113 Å². The van der Waals surface area contributed by atoms with E-state index in [2.05, 4.69) is 15.3 Å². The number of carbonyl (C=O) groups is 2. The van der Waals surface area contributed by atoms with E-state index in [1.54, 1.807) is 32.3 Å². The van der Waals surface area contributed by atoms with Gasteiger partial charge in [-0.1, -0.05) is 23.2 Å². The molecule has 0 atom stereocenters. The van der Waals surface area contributed by atoms with Crippen LogP contribution in [-0.2, 0) is 0 Å². The summed E-state index contributed by atoms with van der Waals surface area (Å²) in [6.07, 6.45) is 2.78. The molecule has 11 heteroatoms. The average Bonchev–Trinajstić information content (AvgIpc) is 3.35. The molecule has 158 valence electrons. The molecule has 0 spiro atoms. The molecule has 0 aliphatic rings. The van der Waals surface area contributed by atoms with Gasteiger partial charge in [0.2, 0.25) is 0 Å². The van der Waals surface area contributed by atoms with Crippen molar-refractivity contribution in [2.45, 2.75) is 0 Å². The molecule has 4 aromatic rings. The van der Waals surface area contributed by atoms with E-state index in [-0.39, 0.29) is 22.4 Å². The standard InChI is InChI=1S/C20H15Cl2N5O4/c1-26(2)19(28)10-3-4-13(12(21)5-10)25-16-6-14-11(7-24-16)17(22)18(27(14)20(29)30)15-8-23-9-31-15/h3-9H,1-2H3,(H,24,25)(H,29,30). The fourth-order valence-electron chi connectivity index (χ4n) is 3.11. The molecule has 0 radical (unpaired) electrons. The van der Waals surface area contributed by atoms with Gasteiger partial charge in [-0.2, -0.15) is 0 Å². The number of carboxylic acid groups (broad SMARTS) is 1.